The van der Waals surface area contributed by atoms with Gasteiger partial charge in [-0.05, 0) is 43.0 Å². The number of aromatic nitrogens is 1. The van der Waals surface area contributed by atoms with Crippen LogP contribution in [0.25, 0.3) is 0 Å². The monoisotopic (exact) mass is 385 g/mol. The Morgan fingerprint density at radius 2 is 2.15 bits per heavy atom. The van der Waals surface area contributed by atoms with Gasteiger partial charge in [0.2, 0.25) is 5.91 Å². The molecule has 142 valence electrons. The van der Waals surface area contributed by atoms with Crippen LogP contribution in [0.4, 0.5) is 5.00 Å². The van der Waals surface area contributed by atoms with E-state index in [9.17, 15) is 9.59 Å². The maximum atomic E-state index is 12.5. The molecule has 3 rings (SSSR count). The summed E-state index contributed by atoms with van der Waals surface area (Å²) in [5.41, 5.74) is 2.14. The lowest BCUT2D eigenvalue weighted by molar-refractivity contribution is -0.118. The number of anilines is 1. The van der Waals surface area contributed by atoms with Gasteiger partial charge in [-0.25, -0.2) is 0 Å². The summed E-state index contributed by atoms with van der Waals surface area (Å²) in [6.07, 6.45) is 3.08. The highest BCUT2D eigenvalue weighted by atomic mass is 32.1. The third-order valence-corrected chi connectivity index (χ3v) is 5.79. The molecule has 0 unspecified atom stereocenters. The van der Waals surface area contributed by atoms with Crippen molar-refractivity contribution in [1.29, 1.82) is 5.26 Å². The molecule has 0 bridgehead atoms. The van der Waals surface area contributed by atoms with E-state index in [4.69, 9.17) is 5.26 Å². The van der Waals surface area contributed by atoms with Crippen LogP contribution in [0.15, 0.2) is 23.6 Å². The summed E-state index contributed by atoms with van der Waals surface area (Å²) in [7, 11) is 3.50. The van der Waals surface area contributed by atoms with Crippen molar-refractivity contribution in [2.24, 2.45) is 7.05 Å². The Balaban J connectivity index is 1.74. The van der Waals surface area contributed by atoms with Gasteiger partial charge in [0.1, 0.15) is 16.8 Å². The predicted octanol–water partition coefficient (Wildman–Crippen LogP) is 2.48. The van der Waals surface area contributed by atoms with E-state index in [0.29, 0.717) is 16.3 Å². The minimum Gasteiger partial charge on any atom is -0.354 e. The van der Waals surface area contributed by atoms with Crippen molar-refractivity contribution in [3.63, 3.8) is 0 Å². The third kappa shape index (κ3) is 4.04. The molecule has 8 heteroatoms. The number of amides is 2. The second-order valence-corrected chi connectivity index (χ2v) is 7.50. The maximum Gasteiger partial charge on any atom is 0.267 e. The number of nitriles is 1. The molecule has 1 atom stereocenters. The van der Waals surface area contributed by atoms with Crippen molar-refractivity contribution in [1.82, 2.24) is 14.8 Å². The Morgan fingerprint density at radius 1 is 1.33 bits per heavy atom. The van der Waals surface area contributed by atoms with Gasteiger partial charge in [0.15, 0.2) is 0 Å². The smallest absolute Gasteiger partial charge is 0.267 e. The van der Waals surface area contributed by atoms with Crippen LogP contribution in [-0.4, -0.2) is 41.4 Å². The lowest BCUT2D eigenvalue weighted by Gasteiger charge is -2.35. The van der Waals surface area contributed by atoms with Crippen molar-refractivity contribution in [3.8, 4) is 6.07 Å². The van der Waals surface area contributed by atoms with Crippen LogP contribution in [0, 0.1) is 11.3 Å². The summed E-state index contributed by atoms with van der Waals surface area (Å²) in [5, 5.41) is 17.0. The molecule has 7 nitrogen and oxygen atoms in total. The van der Waals surface area contributed by atoms with E-state index in [1.807, 2.05) is 23.7 Å². The van der Waals surface area contributed by atoms with Gasteiger partial charge in [0.05, 0.1) is 18.2 Å². The fourth-order valence-electron chi connectivity index (χ4n) is 3.58. The Morgan fingerprint density at radius 3 is 2.89 bits per heavy atom. The number of nitrogens with one attached hydrogen (secondary N) is 2. The van der Waals surface area contributed by atoms with Crippen LogP contribution in [0.3, 0.4) is 0 Å². The minimum absolute atomic E-state index is 0.0895. The molecule has 0 radical (unpaired) electrons. The SMILES string of the molecule is CNC(=O)c1ccc([C@@H]2CCCCN2CC(=O)Nc2sccc2C#N)n1C. The van der Waals surface area contributed by atoms with Gasteiger partial charge in [-0.3, -0.25) is 14.5 Å². The summed E-state index contributed by atoms with van der Waals surface area (Å²) < 4.78 is 1.91. The largest absolute Gasteiger partial charge is 0.354 e. The lowest BCUT2D eigenvalue weighted by atomic mass is 9.99. The average molecular weight is 385 g/mol. The normalized spacial score (nSPS) is 17.3. The molecule has 1 fully saturated rings. The molecule has 0 spiro atoms. The van der Waals surface area contributed by atoms with E-state index >= 15 is 0 Å². The number of hydrogen-bond acceptors (Lipinski definition) is 5. The highest BCUT2D eigenvalue weighted by molar-refractivity contribution is 7.14. The molecule has 1 aliphatic rings. The molecule has 2 aromatic rings. The Kier molecular flexibility index (Phi) is 5.94. The Hall–Kier alpha value is -2.63. The molecule has 0 aliphatic carbocycles. The number of likely N-dealkylation sites (tertiary alicyclic amines) is 1. The molecule has 1 aliphatic heterocycles. The van der Waals surface area contributed by atoms with E-state index in [0.717, 1.165) is 31.5 Å². The van der Waals surface area contributed by atoms with E-state index in [-0.39, 0.29) is 24.4 Å². The first kappa shape index (κ1) is 19.1. The standard InChI is InChI=1S/C19H23N5O2S/c1-21-18(26)16-7-6-14(23(16)2)15-5-3-4-9-24(15)12-17(25)22-19-13(11-20)8-10-27-19/h6-8,10,15H,3-5,9,12H2,1-2H3,(H,21,26)(H,22,25)/t15-/m0/s1. The molecule has 1 saturated heterocycles. The molecule has 27 heavy (non-hydrogen) atoms. The Bertz CT molecular complexity index is 879. The van der Waals surface area contributed by atoms with Gasteiger partial charge < -0.3 is 15.2 Å². The zero-order valence-electron chi connectivity index (χ0n) is 15.5. The van der Waals surface area contributed by atoms with Crippen LogP contribution >= 0.6 is 11.3 Å². The third-order valence-electron chi connectivity index (χ3n) is 4.96. The van der Waals surface area contributed by atoms with Crippen LogP contribution in [-0.2, 0) is 11.8 Å². The number of nitrogens with zero attached hydrogens (tertiary/aromatic N) is 3. The van der Waals surface area contributed by atoms with Crippen molar-refractivity contribution >= 4 is 28.2 Å². The van der Waals surface area contributed by atoms with Gasteiger partial charge in [-0.1, -0.05) is 6.42 Å². The fraction of sp³-hybridized carbons (Fsp3) is 0.421. The van der Waals surface area contributed by atoms with Gasteiger partial charge in [-0.2, -0.15) is 5.26 Å². The molecule has 2 N–H and O–H groups in total. The van der Waals surface area contributed by atoms with Crippen molar-refractivity contribution in [2.75, 3.05) is 25.5 Å². The molecule has 2 aromatic heterocycles. The first-order valence-corrected chi connectivity index (χ1v) is 9.82. The van der Waals surface area contributed by atoms with Crippen molar-refractivity contribution < 1.29 is 9.59 Å². The van der Waals surface area contributed by atoms with Gasteiger partial charge >= 0.3 is 0 Å². The number of carbonyl (C=O) groups is 2. The van der Waals surface area contributed by atoms with Crippen molar-refractivity contribution in [3.05, 3.63) is 40.5 Å². The minimum atomic E-state index is -0.124. The topological polar surface area (TPSA) is 90.2 Å². The molecule has 3 heterocycles. The first-order valence-electron chi connectivity index (χ1n) is 8.94. The van der Waals surface area contributed by atoms with E-state index in [1.54, 1.807) is 18.5 Å². The summed E-state index contributed by atoms with van der Waals surface area (Å²) in [6, 6.07) is 7.67. The molecular weight excluding hydrogens is 362 g/mol. The van der Waals surface area contributed by atoms with Crippen molar-refractivity contribution in [2.45, 2.75) is 25.3 Å². The Labute approximate surface area is 162 Å². The molecule has 2 amide bonds. The number of piperidine rings is 1. The van der Waals surface area contributed by atoms with Crippen LogP contribution in [0.5, 0.6) is 0 Å². The molecule has 0 saturated carbocycles. The maximum absolute atomic E-state index is 12.5. The van der Waals surface area contributed by atoms with E-state index in [2.05, 4.69) is 21.6 Å². The van der Waals surface area contributed by atoms with E-state index < -0.39 is 0 Å². The van der Waals surface area contributed by atoms with Crippen LogP contribution in [0.1, 0.15) is 47.1 Å². The summed E-state index contributed by atoms with van der Waals surface area (Å²) in [6.45, 7) is 1.09. The molecular formula is C19H23N5O2S. The second-order valence-electron chi connectivity index (χ2n) is 6.59. The van der Waals surface area contributed by atoms with Crippen LogP contribution < -0.4 is 10.6 Å². The quantitative estimate of drug-likeness (QED) is 0.827. The summed E-state index contributed by atoms with van der Waals surface area (Å²) in [4.78, 5) is 26.7. The van der Waals surface area contributed by atoms with Gasteiger partial charge in [-0.15, -0.1) is 11.3 Å². The van der Waals surface area contributed by atoms with E-state index in [1.165, 1.54) is 11.3 Å². The highest BCUT2D eigenvalue weighted by Gasteiger charge is 2.28. The number of thiophene rings is 1. The summed E-state index contributed by atoms with van der Waals surface area (Å²) in [5.74, 6) is -0.243. The zero-order valence-corrected chi connectivity index (χ0v) is 16.3. The first-order chi connectivity index (χ1) is 13.0. The predicted molar refractivity (Wildman–Crippen MR) is 105 cm³/mol. The number of hydrogen-bond donors (Lipinski definition) is 2. The molecule has 0 aromatic carbocycles. The fourth-order valence-corrected chi connectivity index (χ4v) is 4.33. The van der Waals surface area contributed by atoms with Crippen LogP contribution in [0.2, 0.25) is 0 Å². The zero-order chi connectivity index (χ0) is 19.4. The van der Waals surface area contributed by atoms with Gasteiger partial charge in [0, 0.05) is 19.8 Å². The number of carbonyl (C=O) groups excluding carboxylic acids is 2. The average Bonchev–Trinajstić information content (AvgIpc) is 3.27. The lowest BCUT2D eigenvalue weighted by Crippen LogP contribution is -2.40. The van der Waals surface area contributed by atoms with Gasteiger partial charge in [0.25, 0.3) is 5.91 Å². The summed E-state index contributed by atoms with van der Waals surface area (Å²) >= 11 is 1.35. The highest BCUT2D eigenvalue weighted by Crippen LogP contribution is 2.32. The second kappa shape index (κ2) is 8.37. The number of rotatable bonds is 5.